The molecule has 0 saturated heterocycles. The van der Waals surface area contributed by atoms with E-state index >= 15 is 0 Å². The first kappa shape index (κ1) is 14.2. The number of benzene rings is 1. The molecule has 1 aromatic heterocycles. The highest BCUT2D eigenvalue weighted by Crippen LogP contribution is 2.23. The van der Waals surface area contributed by atoms with E-state index < -0.39 is 0 Å². The van der Waals surface area contributed by atoms with E-state index in [2.05, 4.69) is 47.8 Å². The molecule has 0 radical (unpaired) electrons. The van der Waals surface area contributed by atoms with E-state index in [-0.39, 0.29) is 0 Å². The van der Waals surface area contributed by atoms with Crippen LogP contribution >= 0.6 is 11.8 Å². The van der Waals surface area contributed by atoms with Gasteiger partial charge in [-0.25, -0.2) is 4.98 Å². The van der Waals surface area contributed by atoms with Gasteiger partial charge in [0.05, 0.1) is 5.52 Å². The molecule has 3 nitrogen and oxygen atoms in total. The number of aromatic nitrogens is 1. The summed E-state index contributed by atoms with van der Waals surface area (Å²) >= 11 is 1.86. The number of fused-ring (bicyclic) bond motifs is 1. The van der Waals surface area contributed by atoms with E-state index in [0.29, 0.717) is 0 Å². The molecule has 102 valence electrons. The van der Waals surface area contributed by atoms with Gasteiger partial charge in [-0.2, -0.15) is 11.8 Å². The van der Waals surface area contributed by atoms with E-state index in [0.717, 1.165) is 30.2 Å². The molecule has 0 aliphatic carbocycles. The van der Waals surface area contributed by atoms with E-state index in [4.69, 9.17) is 4.98 Å². The van der Waals surface area contributed by atoms with Gasteiger partial charge in [-0.05, 0) is 25.4 Å². The number of para-hydroxylation sites is 1. The standard InChI is InChI=1S/C15H21N3S/c1-16-11-13-10-12-6-4-5-7-14(12)17-15(13)18(2)8-9-19-3/h4-7,10,16H,8-9,11H2,1-3H3. The van der Waals surface area contributed by atoms with Crippen molar-refractivity contribution in [3.8, 4) is 0 Å². The van der Waals surface area contributed by atoms with Crippen molar-refractivity contribution >= 4 is 28.5 Å². The monoisotopic (exact) mass is 275 g/mol. The lowest BCUT2D eigenvalue weighted by molar-refractivity contribution is 0.804. The molecule has 0 aliphatic heterocycles. The molecule has 1 heterocycles. The van der Waals surface area contributed by atoms with E-state index in [1.807, 2.05) is 24.9 Å². The summed E-state index contributed by atoms with van der Waals surface area (Å²) in [6.45, 7) is 1.86. The largest absolute Gasteiger partial charge is 0.359 e. The number of nitrogens with zero attached hydrogens (tertiary/aromatic N) is 2. The van der Waals surface area contributed by atoms with Gasteiger partial charge >= 0.3 is 0 Å². The first-order valence-corrected chi connectivity index (χ1v) is 7.89. The Bertz CT molecular complexity index is 542. The zero-order valence-electron chi connectivity index (χ0n) is 11.8. The molecule has 4 heteroatoms. The average Bonchev–Trinajstić information content (AvgIpc) is 2.44. The summed E-state index contributed by atoms with van der Waals surface area (Å²) < 4.78 is 0. The number of rotatable bonds is 6. The van der Waals surface area contributed by atoms with Crippen LogP contribution in [-0.4, -0.2) is 37.6 Å². The zero-order valence-corrected chi connectivity index (χ0v) is 12.6. The van der Waals surface area contributed by atoms with E-state index in [1.54, 1.807) is 0 Å². The maximum atomic E-state index is 4.82. The maximum absolute atomic E-state index is 4.82. The topological polar surface area (TPSA) is 28.2 Å². The van der Waals surface area contributed by atoms with Gasteiger partial charge in [0.15, 0.2) is 0 Å². The second-order valence-corrected chi connectivity index (χ2v) is 5.59. The van der Waals surface area contributed by atoms with Crippen LogP contribution in [0.15, 0.2) is 30.3 Å². The molecule has 0 atom stereocenters. The summed E-state index contributed by atoms with van der Waals surface area (Å²) in [6.07, 6.45) is 2.14. The highest BCUT2D eigenvalue weighted by molar-refractivity contribution is 7.98. The minimum Gasteiger partial charge on any atom is -0.359 e. The van der Waals surface area contributed by atoms with Crippen molar-refractivity contribution < 1.29 is 0 Å². The Kier molecular flexibility index (Phi) is 5.05. The summed E-state index contributed by atoms with van der Waals surface area (Å²) in [5.41, 5.74) is 2.32. The molecule has 19 heavy (non-hydrogen) atoms. The molecule has 1 aromatic carbocycles. The molecule has 0 fully saturated rings. The van der Waals surface area contributed by atoms with Crippen LogP contribution in [-0.2, 0) is 6.54 Å². The fraction of sp³-hybridized carbons (Fsp3) is 0.400. The van der Waals surface area contributed by atoms with Gasteiger partial charge in [0.1, 0.15) is 5.82 Å². The number of anilines is 1. The highest BCUT2D eigenvalue weighted by Gasteiger charge is 2.10. The summed E-state index contributed by atoms with van der Waals surface area (Å²) in [6, 6.07) is 10.5. The molecular weight excluding hydrogens is 254 g/mol. The Morgan fingerprint density at radius 1 is 1.32 bits per heavy atom. The molecule has 2 rings (SSSR count). The summed E-state index contributed by atoms with van der Waals surface area (Å²) in [4.78, 5) is 7.07. The zero-order chi connectivity index (χ0) is 13.7. The SMILES string of the molecule is CNCc1cc2ccccc2nc1N(C)CCSC. The lowest BCUT2D eigenvalue weighted by Gasteiger charge is -2.21. The van der Waals surface area contributed by atoms with Gasteiger partial charge in [-0.1, -0.05) is 18.2 Å². The predicted molar refractivity (Wildman–Crippen MR) is 86.2 cm³/mol. The van der Waals surface area contributed by atoms with Gasteiger partial charge in [0, 0.05) is 36.8 Å². The Hall–Kier alpha value is -1.26. The first-order valence-electron chi connectivity index (χ1n) is 6.49. The van der Waals surface area contributed by atoms with Gasteiger partial charge in [-0.15, -0.1) is 0 Å². The van der Waals surface area contributed by atoms with Gasteiger partial charge in [0.25, 0.3) is 0 Å². The smallest absolute Gasteiger partial charge is 0.133 e. The van der Waals surface area contributed by atoms with Crippen molar-refractivity contribution in [3.05, 3.63) is 35.9 Å². The van der Waals surface area contributed by atoms with Crippen molar-refractivity contribution in [1.82, 2.24) is 10.3 Å². The molecule has 0 bridgehead atoms. The van der Waals surface area contributed by atoms with Crippen LogP contribution in [0.2, 0.25) is 0 Å². The summed E-state index contributed by atoms with van der Waals surface area (Å²) in [7, 11) is 4.09. The van der Waals surface area contributed by atoms with Gasteiger partial charge < -0.3 is 10.2 Å². The quantitative estimate of drug-likeness (QED) is 0.877. The molecule has 0 unspecified atom stereocenters. The third-order valence-electron chi connectivity index (χ3n) is 3.14. The molecular formula is C15H21N3S. The van der Waals surface area contributed by atoms with Crippen molar-refractivity contribution in [1.29, 1.82) is 0 Å². The Balaban J connectivity index is 2.40. The van der Waals surface area contributed by atoms with Crippen LogP contribution < -0.4 is 10.2 Å². The Morgan fingerprint density at radius 2 is 2.11 bits per heavy atom. The second kappa shape index (κ2) is 6.78. The molecule has 2 aromatic rings. The van der Waals surface area contributed by atoms with Crippen molar-refractivity contribution in [2.24, 2.45) is 0 Å². The molecule has 0 spiro atoms. The average molecular weight is 275 g/mol. The lowest BCUT2D eigenvalue weighted by Crippen LogP contribution is -2.24. The van der Waals surface area contributed by atoms with Gasteiger partial charge in [0.2, 0.25) is 0 Å². The second-order valence-electron chi connectivity index (χ2n) is 4.61. The van der Waals surface area contributed by atoms with Gasteiger partial charge in [-0.3, -0.25) is 0 Å². The van der Waals surface area contributed by atoms with Crippen molar-refractivity contribution in [2.45, 2.75) is 6.54 Å². The summed E-state index contributed by atoms with van der Waals surface area (Å²) in [5.74, 6) is 2.20. The molecule has 0 saturated carbocycles. The van der Waals surface area contributed by atoms with Crippen LogP contribution in [0.3, 0.4) is 0 Å². The van der Waals surface area contributed by atoms with Crippen LogP contribution in [0, 0.1) is 0 Å². The van der Waals surface area contributed by atoms with Crippen LogP contribution in [0.1, 0.15) is 5.56 Å². The van der Waals surface area contributed by atoms with E-state index in [1.165, 1.54) is 10.9 Å². The number of pyridine rings is 1. The molecule has 0 amide bonds. The van der Waals surface area contributed by atoms with Crippen molar-refractivity contribution in [2.75, 3.05) is 37.5 Å². The fourth-order valence-corrected chi connectivity index (χ4v) is 2.59. The number of hydrogen-bond donors (Lipinski definition) is 1. The van der Waals surface area contributed by atoms with Crippen LogP contribution in [0.5, 0.6) is 0 Å². The molecule has 1 N–H and O–H groups in total. The molecule has 0 aliphatic rings. The normalized spacial score (nSPS) is 10.9. The van der Waals surface area contributed by atoms with E-state index in [9.17, 15) is 0 Å². The highest BCUT2D eigenvalue weighted by atomic mass is 32.2. The fourth-order valence-electron chi connectivity index (χ4n) is 2.13. The number of hydrogen-bond acceptors (Lipinski definition) is 4. The van der Waals surface area contributed by atoms with Crippen molar-refractivity contribution in [3.63, 3.8) is 0 Å². The maximum Gasteiger partial charge on any atom is 0.133 e. The Morgan fingerprint density at radius 3 is 2.84 bits per heavy atom. The predicted octanol–water partition coefficient (Wildman–Crippen LogP) is 2.75. The van der Waals surface area contributed by atoms with Crippen LogP contribution in [0.4, 0.5) is 5.82 Å². The number of nitrogens with one attached hydrogen (secondary N) is 1. The first-order chi connectivity index (χ1) is 9.26. The summed E-state index contributed by atoms with van der Waals surface area (Å²) in [5, 5.41) is 4.43. The number of thioether (sulfide) groups is 1. The minimum atomic E-state index is 0.844. The lowest BCUT2D eigenvalue weighted by atomic mass is 10.1. The Labute approximate surface area is 119 Å². The van der Waals surface area contributed by atoms with Crippen LogP contribution in [0.25, 0.3) is 10.9 Å². The third kappa shape index (κ3) is 3.39. The minimum absolute atomic E-state index is 0.844. The third-order valence-corrected chi connectivity index (χ3v) is 3.73.